The van der Waals surface area contributed by atoms with Crippen LogP contribution in [0.15, 0.2) is 72.7 Å². The molecule has 2 aromatic carbocycles. The largest absolute Gasteiger partial charge is 0.462 e. The van der Waals surface area contributed by atoms with Crippen LogP contribution in [-0.2, 0) is 20.7 Å². The van der Waals surface area contributed by atoms with E-state index in [4.69, 9.17) is 9.47 Å². The first-order chi connectivity index (χ1) is 18.2. The van der Waals surface area contributed by atoms with Gasteiger partial charge >= 0.3 is 0 Å². The second kappa shape index (κ2) is 12.6. The Bertz CT molecular complexity index is 1020. The van der Waals surface area contributed by atoms with Crippen molar-refractivity contribution in [2.24, 2.45) is 11.8 Å². The Morgan fingerprint density at radius 3 is 2.35 bits per heavy atom. The van der Waals surface area contributed by atoms with Crippen molar-refractivity contribution in [1.29, 1.82) is 0 Å². The van der Waals surface area contributed by atoms with Gasteiger partial charge in [0.2, 0.25) is 6.79 Å². The van der Waals surface area contributed by atoms with Crippen LogP contribution in [0.4, 0.5) is 0 Å². The van der Waals surface area contributed by atoms with E-state index in [1.807, 2.05) is 29.2 Å². The van der Waals surface area contributed by atoms with Gasteiger partial charge in [0.15, 0.2) is 0 Å². The molecule has 37 heavy (non-hydrogen) atoms. The van der Waals surface area contributed by atoms with Crippen LogP contribution in [0.5, 0.6) is 0 Å². The van der Waals surface area contributed by atoms with Crippen molar-refractivity contribution in [3.8, 4) is 0 Å². The van der Waals surface area contributed by atoms with Crippen molar-refractivity contribution in [2.75, 3.05) is 39.5 Å². The standard InChI is InChI=1S/C31H40N2O4/c34-30(29(26-14-7-8-15-26)25-12-5-2-6-13-25)31(35)33-17-9-16-32(18-19-33)21-27(28-22-36-23-37-28)20-24-10-3-1-4-11-24/h1-6,10-13,22,26-27,29-30,34H,7-9,14-21,23H2. The van der Waals surface area contributed by atoms with Gasteiger partial charge in [0.05, 0.1) is 0 Å². The van der Waals surface area contributed by atoms with E-state index in [2.05, 4.69) is 41.3 Å². The fourth-order valence-electron chi connectivity index (χ4n) is 6.35. The van der Waals surface area contributed by atoms with E-state index < -0.39 is 6.10 Å². The van der Waals surface area contributed by atoms with E-state index in [-0.39, 0.29) is 24.5 Å². The molecule has 2 aliphatic heterocycles. The molecule has 3 aliphatic rings. The van der Waals surface area contributed by atoms with Gasteiger partial charge in [-0.25, -0.2) is 0 Å². The number of ether oxygens (including phenoxy) is 2. The fraction of sp³-hybridized carbons (Fsp3) is 0.516. The molecule has 3 unspecified atom stereocenters. The van der Waals surface area contributed by atoms with Crippen molar-refractivity contribution in [1.82, 2.24) is 9.80 Å². The van der Waals surface area contributed by atoms with Gasteiger partial charge in [0, 0.05) is 38.0 Å². The zero-order valence-electron chi connectivity index (χ0n) is 21.7. The first-order valence-corrected chi connectivity index (χ1v) is 13.9. The van der Waals surface area contributed by atoms with Crippen molar-refractivity contribution in [3.63, 3.8) is 0 Å². The number of aliphatic hydroxyl groups is 1. The molecular weight excluding hydrogens is 464 g/mol. The lowest BCUT2D eigenvalue weighted by Crippen LogP contribution is -2.45. The van der Waals surface area contributed by atoms with Gasteiger partial charge in [-0.3, -0.25) is 4.79 Å². The minimum atomic E-state index is -0.989. The second-order valence-corrected chi connectivity index (χ2v) is 10.7. The molecule has 0 radical (unpaired) electrons. The summed E-state index contributed by atoms with van der Waals surface area (Å²) in [6, 6.07) is 20.6. The quantitative estimate of drug-likeness (QED) is 0.543. The smallest absolute Gasteiger partial charge is 0.252 e. The van der Waals surface area contributed by atoms with E-state index in [1.54, 1.807) is 6.26 Å². The van der Waals surface area contributed by atoms with Gasteiger partial charge in [0.1, 0.15) is 18.1 Å². The Balaban J connectivity index is 1.23. The molecule has 1 N–H and O–H groups in total. The van der Waals surface area contributed by atoms with Crippen LogP contribution in [0.2, 0.25) is 0 Å². The number of rotatable bonds is 9. The van der Waals surface area contributed by atoms with Gasteiger partial charge in [0.25, 0.3) is 5.91 Å². The summed E-state index contributed by atoms with van der Waals surface area (Å²) in [7, 11) is 0. The maximum atomic E-state index is 13.6. The van der Waals surface area contributed by atoms with Crippen molar-refractivity contribution < 1.29 is 19.4 Å². The molecule has 0 spiro atoms. The highest BCUT2D eigenvalue weighted by Gasteiger charge is 2.38. The number of carbonyl (C=O) groups is 1. The Hall–Kier alpha value is -2.83. The maximum Gasteiger partial charge on any atom is 0.252 e. The maximum absolute atomic E-state index is 13.6. The summed E-state index contributed by atoms with van der Waals surface area (Å²) < 4.78 is 11.2. The minimum absolute atomic E-state index is 0.112. The predicted molar refractivity (Wildman–Crippen MR) is 144 cm³/mol. The van der Waals surface area contributed by atoms with E-state index in [0.29, 0.717) is 19.0 Å². The van der Waals surface area contributed by atoms with Crippen molar-refractivity contribution >= 4 is 5.91 Å². The Kier molecular flexibility index (Phi) is 8.80. The molecule has 1 amide bonds. The fourth-order valence-corrected chi connectivity index (χ4v) is 6.35. The van der Waals surface area contributed by atoms with Crippen molar-refractivity contribution in [3.05, 3.63) is 83.8 Å². The topological polar surface area (TPSA) is 62.2 Å². The third kappa shape index (κ3) is 6.55. The summed E-state index contributed by atoms with van der Waals surface area (Å²) in [6.45, 7) is 4.16. The molecule has 0 aromatic heterocycles. The zero-order chi connectivity index (χ0) is 25.5. The average Bonchev–Trinajstić information content (AvgIpc) is 3.62. The lowest BCUT2D eigenvalue weighted by atomic mass is 9.80. The van der Waals surface area contributed by atoms with Crippen LogP contribution >= 0.6 is 0 Å². The van der Waals surface area contributed by atoms with E-state index in [1.165, 1.54) is 18.4 Å². The number of carbonyl (C=O) groups excluding carboxylic acids is 1. The van der Waals surface area contributed by atoms with Crippen LogP contribution in [0.25, 0.3) is 0 Å². The van der Waals surface area contributed by atoms with Crippen LogP contribution in [0, 0.1) is 11.8 Å². The molecule has 1 saturated carbocycles. The summed E-state index contributed by atoms with van der Waals surface area (Å²) in [4.78, 5) is 17.9. The Morgan fingerprint density at radius 1 is 0.919 bits per heavy atom. The number of aliphatic hydroxyl groups excluding tert-OH is 1. The van der Waals surface area contributed by atoms with E-state index in [0.717, 1.165) is 56.6 Å². The van der Waals surface area contributed by atoms with Gasteiger partial charge in [-0.2, -0.15) is 0 Å². The number of benzene rings is 2. The molecule has 1 saturated heterocycles. The van der Waals surface area contributed by atoms with Crippen LogP contribution in [-0.4, -0.2) is 66.4 Å². The lowest BCUT2D eigenvalue weighted by Gasteiger charge is -2.32. The number of nitrogens with zero attached hydrogens (tertiary/aromatic N) is 2. The lowest BCUT2D eigenvalue weighted by molar-refractivity contribution is -0.142. The molecule has 6 nitrogen and oxygen atoms in total. The normalized spacial score (nSPS) is 21.4. The number of amides is 1. The molecule has 2 heterocycles. The van der Waals surface area contributed by atoms with Crippen LogP contribution < -0.4 is 0 Å². The molecule has 2 fully saturated rings. The van der Waals surface area contributed by atoms with Crippen LogP contribution in [0.1, 0.15) is 49.1 Å². The predicted octanol–water partition coefficient (Wildman–Crippen LogP) is 4.56. The number of hydrogen-bond donors (Lipinski definition) is 1. The molecule has 2 aromatic rings. The van der Waals surface area contributed by atoms with Crippen molar-refractivity contribution in [2.45, 2.75) is 50.5 Å². The molecular formula is C31H40N2O4. The highest BCUT2D eigenvalue weighted by atomic mass is 16.7. The first kappa shape index (κ1) is 25.8. The second-order valence-electron chi connectivity index (χ2n) is 10.7. The van der Waals surface area contributed by atoms with E-state index in [9.17, 15) is 9.90 Å². The van der Waals surface area contributed by atoms with Gasteiger partial charge in [-0.05, 0) is 49.3 Å². The van der Waals surface area contributed by atoms with Gasteiger partial charge in [-0.1, -0.05) is 73.5 Å². The summed E-state index contributed by atoms with van der Waals surface area (Å²) in [5, 5.41) is 11.4. The highest BCUT2D eigenvalue weighted by Crippen LogP contribution is 2.40. The minimum Gasteiger partial charge on any atom is -0.462 e. The monoisotopic (exact) mass is 504 g/mol. The Morgan fingerprint density at radius 2 is 1.65 bits per heavy atom. The third-order valence-corrected chi connectivity index (χ3v) is 8.28. The molecule has 6 heteroatoms. The summed E-state index contributed by atoms with van der Waals surface area (Å²) in [5.74, 6) is 1.22. The summed E-state index contributed by atoms with van der Waals surface area (Å²) in [5.41, 5.74) is 2.36. The van der Waals surface area contributed by atoms with Crippen LogP contribution in [0.3, 0.4) is 0 Å². The highest BCUT2D eigenvalue weighted by molar-refractivity contribution is 5.82. The summed E-state index contributed by atoms with van der Waals surface area (Å²) >= 11 is 0. The third-order valence-electron chi connectivity index (χ3n) is 8.28. The molecule has 1 aliphatic carbocycles. The number of hydrogen-bond acceptors (Lipinski definition) is 5. The zero-order valence-corrected chi connectivity index (χ0v) is 21.7. The Labute approximate surface area is 220 Å². The molecule has 5 rings (SSSR count). The molecule has 3 atom stereocenters. The van der Waals surface area contributed by atoms with Gasteiger partial charge < -0.3 is 24.4 Å². The first-order valence-electron chi connectivity index (χ1n) is 13.9. The SMILES string of the molecule is O=C(C(O)C(c1ccccc1)C1CCCC1)N1CCCN(CC(Cc2ccccc2)C2=COCO2)CC1. The average molecular weight is 505 g/mol. The molecule has 0 bridgehead atoms. The van der Waals surface area contributed by atoms with E-state index >= 15 is 0 Å². The summed E-state index contributed by atoms with van der Waals surface area (Å²) in [6.07, 6.45) is 7.08. The van der Waals surface area contributed by atoms with Gasteiger partial charge in [-0.15, -0.1) is 0 Å². The molecule has 198 valence electrons.